The van der Waals surface area contributed by atoms with E-state index in [0.29, 0.717) is 13.2 Å². The number of ether oxygens (including phenoxy) is 2. The van der Waals surface area contributed by atoms with E-state index in [1.54, 1.807) is 7.11 Å². The van der Waals surface area contributed by atoms with Crippen LogP contribution in [-0.2, 0) is 0 Å². The SMILES string of the molecule is COc1ccc(OCCNC(=O)c2ccccc2N2CCCC2)cc1. The highest BCUT2D eigenvalue weighted by Crippen LogP contribution is 2.24. The van der Waals surface area contributed by atoms with E-state index in [1.807, 2.05) is 48.5 Å². The van der Waals surface area contributed by atoms with Crippen molar-refractivity contribution < 1.29 is 14.3 Å². The lowest BCUT2D eigenvalue weighted by Crippen LogP contribution is -2.30. The van der Waals surface area contributed by atoms with E-state index in [0.717, 1.165) is 35.8 Å². The van der Waals surface area contributed by atoms with Crippen molar-refractivity contribution in [3.63, 3.8) is 0 Å². The Kier molecular flexibility index (Phi) is 5.77. The van der Waals surface area contributed by atoms with Crippen LogP contribution in [-0.4, -0.2) is 39.3 Å². The Morgan fingerprint density at radius 2 is 1.72 bits per heavy atom. The third kappa shape index (κ3) is 4.44. The van der Waals surface area contributed by atoms with Crippen LogP contribution in [0.4, 0.5) is 5.69 Å². The zero-order chi connectivity index (χ0) is 17.5. The molecule has 2 aromatic carbocycles. The van der Waals surface area contributed by atoms with E-state index in [1.165, 1.54) is 12.8 Å². The summed E-state index contributed by atoms with van der Waals surface area (Å²) in [7, 11) is 1.63. The maximum atomic E-state index is 12.5. The molecule has 1 N–H and O–H groups in total. The zero-order valence-electron chi connectivity index (χ0n) is 14.5. The normalized spacial score (nSPS) is 13.6. The van der Waals surface area contributed by atoms with Gasteiger partial charge in [-0.15, -0.1) is 0 Å². The molecule has 1 saturated heterocycles. The smallest absolute Gasteiger partial charge is 0.253 e. The van der Waals surface area contributed by atoms with Crippen molar-refractivity contribution in [3.05, 3.63) is 54.1 Å². The molecule has 0 aromatic heterocycles. The van der Waals surface area contributed by atoms with Gasteiger partial charge in [0.25, 0.3) is 5.91 Å². The summed E-state index contributed by atoms with van der Waals surface area (Å²) in [6.07, 6.45) is 2.37. The number of anilines is 1. The molecule has 0 radical (unpaired) electrons. The van der Waals surface area contributed by atoms with Crippen LogP contribution in [0.3, 0.4) is 0 Å². The number of rotatable bonds is 7. The average Bonchev–Trinajstić information content (AvgIpc) is 3.20. The highest BCUT2D eigenvalue weighted by molar-refractivity contribution is 5.99. The van der Waals surface area contributed by atoms with Crippen LogP contribution in [0.5, 0.6) is 11.5 Å². The van der Waals surface area contributed by atoms with Gasteiger partial charge in [0, 0.05) is 18.8 Å². The van der Waals surface area contributed by atoms with Crippen molar-refractivity contribution in [1.29, 1.82) is 0 Å². The molecular formula is C20H24N2O3. The van der Waals surface area contributed by atoms with E-state index in [2.05, 4.69) is 10.2 Å². The fourth-order valence-electron chi connectivity index (χ4n) is 3.00. The van der Waals surface area contributed by atoms with Crippen molar-refractivity contribution in [2.45, 2.75) is 12.8 Å². The second-order valence-corrected chi connectivity index (χ2v) is 5.99. The summed E-state index contributed by atoms with van der Waals surface area (Å²) in [5.74, 6) is 1.49. The van der Waals surface area contributed by atoms with Gasteiger partial charge in [0.05, 0.1) is 19.2 Å². The van der Waals surface area contributed by atoms with Crippen molar-refractivity contribution in [2.75, 3.05) is 38.3 Å². The molecule has 0 unspecified atom stereocenters. The topological polar surface area (TPSA) is 50.8 Å². The minimum absolute atomic E-state index is 0.0548. The van der Waals surface area contributed by atoms with Crippen molar-refractivity contribution in [1.82, 2.24) is 5.32 Å². The van der Waals surface area contributed by atoms with Crippen LogP contribution in [0, 0.1) is 0 Å². The second kappa shape index (κ2) is 8.42. The third-order valence-electron chi connectivity index (χ3n) is 4.31. The molecule has 25 heavy (non-hydrogen) atoms. The number of methoxy groups -OCH3 is 1. The lowest BCUT2D eigenvalue weighted by Gasteiger charge is -2.20. The standard InChI is InChI=1S/C20H24N2O3/c1-24-16-8-10-17(11-9-16)25-15-12-21-20(23)18-6-2-3-7-19(18)22-13-4-5-14-22/h2-3,6-11H,4-5,12-15H2,1H3,(H,21,23). The van der Waals surface area contributed by atoms with E-state index in [-0.39, 0.29) is 5.91 Å². The number of hydrogen-bond acceptors (Lipinski definition) is 4. The number of nitrogens with zero attached hydrogens (tertiary/aromatic N) is 1. The van der Waals surface area contributed by atoms with Crippen molar-refractivity contribution >= 4 is 11.6 Å². The number of para-hydroxylation sites is 1. The van der Waals surface area contributed by atoms with Crippen molar-refractivity contribution in [3.8, 4) is 11.5 Å². The van der Waals surface area contributed by atoms with Crippen LogP contribution < -0.4 is 19.7 Å². The fraction of sp³-hybridized carbons (Fsp3) is 0.350. The molecule has 0 bridgehead atoms. The first-order chi connectivity index (χ1) is 12.3. The molecule has 1 aliphatic rings. The molecule has 1 aliphatic heterocycles. The summed E-state index contributed by atoms with van der Waals surface area (Å²) in [4.78, 5) is 14.8. The van der Waals surface area contributed by atoms with Gasteiger partial charge < -0.3 is 19.7 Å². The summed E-state index contributed by atoms with van der Waals surface area (Å²) < 4.78 is 10.8. The number of carbonyl (C=O) groups excluding carboxylic acids is 1. The molecule has 3 rings (SSSR count). The van der Waals surface area contributed by atoms with Crippen LogP contribution >= 0.6 is 0 Å². The number of nitrogens with one attached hydrogen (secondary N) is 1. The molecule has 0 aliphatic carbocycles. The highest BCUT2D eigenvalue weighted by Gasteiger charge is 2.18. The van der Waals surface area contributed by atoms with Gasteiger partial charge in [0.1, 0.15) is 18.1 Å². The van der Waals surface area contributed by atoms with Crippen LogP contribution in [0.15, 0.2) is 48.5 Å². The molecule has 1 amide bonds. The second-order valence-electron chi connectivity index (χ2n) is 5.99. The van der Waals surface area contributed by atoms with Gasteiger partial charge in [-0.25, -0.2) is 0 Å². The first-order valence-corrected chi connectivity index (χ1v) is 8.67. The predicted molar refractivity (Wildman–Crippen MR) is 98.7 cm³/mol. The number of amides is 1. The van der Waals surface area contributed by atoms with E-state index >= 15 is 0 Å². The Morgan fingerprint density at radius 3 is 2.44 bits per heavy atom. The Hall–Kier alpha value is -2.69. The Bertz CT molecular complexity index is 694. The van der Waals surface area contributed by atoms with E-state index in [9.17, 15) is 4.79 Å². The van der Waals surface area contributed by atoms with Gasteiger partial charge >= 0.3 is 0 Å². The van der Waals surface area contributed by atoms with Crippen LogP contribution in [0.25, 0.3) is 0 Å². The van der Waals surface area contributed by atoms with Gasteiger partial charge in [-0.2, -0.15) is 0 Å². The van der Waals surface area contributed by atoms with Crippen LogP contribution in [0.1, 0.15) is 23.2 Å². The third-order valence-corrected chi connectivity index (χ3v) is 4.31. The number of benzene rings is 2. The summed E-state index contributed by atoms with van der Waals surface area (Å²) in [6.45, 7) is 2.92. The molecular weight excluding hydrogens is 316 g/mol. The Morgan fingerprint density at radius 1 is 1.04 bits per heavy atom. The van der Waals surface area contributed by atoms with Gasteiger partial charge in [0.15, 0.2) is 0 Å². The molecule has 0 atom stereocenters. The predicted octanol–water partition coefficient (Wildman–Crippen LogP) is 3.10. The Labute approximate surface area is 148 Å². The molecule has 5 heteroatoms. The molecule has 132 valence electrons. The van der Waals surface area contributed by atoms with E-state index in [4.69, 9.17) is 9.47 Å². The lowest BCUT2D eigenvalue weighted by molar-refractivity contribution is 0.0947. The summed E-state index contributed by atoms with van der Waals surface area (Å²) in [5, 5.41) is 2.94. The maximum absolute atomic E-state index is 12.5. The zero-order valence-corrected chi connectivity index (χ0v) is 14.5. The largest absolute Gasteiger partial charge is 0.497 e. The van der Waals surface area contributed by atoms with Gasteiger partial charge in [0.2, 0.25) is 0 Å². The lowest BCUT2D eigenvalue weighted by atomic mass is 10.1. The summed E-state index contributed by atoms with van der Waals surface area (Å²) in [6, 6.07) is 15.2. The minimum atomic E-state index is -0.0548. The quantitative estimate of drug-likeness (QED) is 0.787. The monoisotopic (exact) mass is 340 g/mol. The first kappa shape index (κ1) is 17.1. The molecule has 1 fully saturated rings. The molecule has 1 heterocycles. The average molecular weight is 340 g/mol. The van der Waals surface area contributed by atoms with Gasteiger partial charge in [-0.05, 0) is 49.2 Å². The van der Waals surface area contributed by atoms with E-state index < -0.39 is 0 Å². The number of hydrogen-bond donors (Lipinski definition) is 1. The van der Waals surface area contributed by atoms with Gasteiger partial charge in [-0.1, -0.05) is 12.1 Å². The molecule has 2 aromatic rings. The summed E-state index contributed by atoms with van der Waals surface area (Å²) in [5.41, 5.74) is 1.75. The minimum Gasteiger partial charge on any atom is -0.497 e. The Balaban J connectivity index is 1.51. The molecule has 0 saturated carbocycles. The maximum Gasteiger partial charge on any atom is 0.253 e. The number of carbonyl (C=O) groups is 1. The highest BCUT2D eigenvalue weighted by atomic mass is 16.5. The van der Waals surface area contributed by atoms with Crippen LogP contribution in [0.2, 0.25) is 0 Å². The fourth-order valence-corrected chi connectivity index (χ4v) is 3.00. The van der Waals surface area contributed by atoms with Crippen molar-refractivity contribution in [2.24, 2.45) is 0 Å². The van der Waals surface area contributed by atoms with Gasteiger partial charge in [-0.3, -0.25) is 4.79 Å². The molecule has 0 spiro atoms. The summed E-state index contributed by atoms with van der Waals surface area (Å²) >= 11 is 0. The molecule has 5 nitrogen and oxygen atoms in total. The first-order valence-electron chi connectivity index (χ1n) is 8.67.